The molecule has 23 heavy (non-hydrogen) atoms. The van der Waals surface area contributed by atoms with E-state index in [0.29, 0.717) is 12.2 Å². The maximum atomic E-state index is 12.1. The van der Waals surface area contributed by atoms with Crippen molar-refractivity contribution in [1.82, 2.24) is 4.57 Å². The molecule has 1 aliphatic heterocycles. The highest BCUT2D eigenvalue weighted by Gasteiger charge is 2.22. The Bertz CT molecular complexity index is 837. The molecule has 0 spiro atoms. The van der Waals surface area contributed by atoms with Crippen molar-refractivity contribution < 1.29 is 9.59 Å². The third-order valence-electron chi connectivity index (χ3n) is 3.92. The first kappa shape index (κ1) is 15.5. The van der Waals surface area contributed by atoms with Crippen molar-refractivity contribution >= 4 is 34.5 Å². The molecule has 1 aromatic carbocycles. The third kappa shape index (κ3) is 3.05. The number of carbonyl (C=O) groups excluding carboxylic acids is 2. The van der Waals surface area contributed by atoms with Crippen LogP contribution in [-0.2, 0) is 22.6 Å². The van der Waals surface area contributed by atoms with Gasteiger partial charge in [-0.3, -0.25) is 19.0 Å². The molecule has 0 radical (unpaired) electrons. The molecule has 2 aromatic rings. The monoisotopic (exact) mass is 331 g/mol. The number of hydrogen-bond acceptors (Lipinski definition) is 4. The largest absolute Gasteiger partial charge is 0.325 e. The lowest BCUT2D eigenvalue weighted by molar-refractivity contribution is -0.117. The van der Waals surface area contributed by atoms with E-state index >= 15 is 0 Å². The van der Waals surface area contributed by atoms with E-state index < -0.39 is 0 Å². The Morgan fingerprint density at radius 3 is 2.78 bits per heavy atom. The number of anilines is 2. The van der Waals surface area contributed by atoms with Crippen LogP contribution in [0.2, 0.25) is 0 Å². The summed E-state index contributed by atoms with van der Waals surface area (Å²) in [5, 5.41) is 4.55. The van der Waals surface area contributed by atoms with Gasteiger partial charge < -0.3 is 10.2 Å². The van der Waals surface area contributed by atoms with Crippen LogP contribution in [-0.4, -0.2) is 22.9 Å². The zero-order chi connectivity index (χ0) is 16.6. The van der Waals surface area contributed by atoms with Crippen molar-refractivity contribution in [1.29, 1.82) is 0 Å². The molecule has 120 valence electrons. The van der Waals surface area contributed by atoms with Gasteiger partial charge in [-0.15, -0.1) is 0 Å². The number of rotatable bonds is 3. The number of aromatic nitrogens is 1. The van der Waals surface area contributed by atoms with E-state index in [1.807, 2.05) is 12.1 Å². The lowest BCUT2D eigenvalue weighted by Crippen LogP contribution is -2.26. The van der Waals surface area contributed by atoms with Gasteiger partial charge in [-0.1, -0.05) is 11.3 Å². The van der Waals surface area contributed by atoms with Gasteiger partial charge >= 0.3 is 4.87 Å². The van der Waals surface area contributed by atoms with Crippen molar-refractivity contribution in [3.63, 3.8) is 0 Å². The summed E-state index contributed by atoms with van der Waals surface area (Å²) in [4.78, 5) is 36.9. The van der Waals surface area contributed by atoms with E-state index in [4.69, 9.17) is 0 Å². The molecular weight excluding hydrogens is 314 g/mol. The molecule has 2 heterocycles. The van der Waals surface area contributed by atoms with Gasteiger partial charge in [-0.2, -0.15) is 0 Å². The molecule has 0 saturated carbocycles. The van der Waals surface area contributed by atoms with E-state index in [9.17, 15) is 14.4 Å². The van der Waals surface area contributed by atoms with Crippen molar-refractivity contribution in [2.24, 2.45) is 0 Å². The first-order valence-corrected chi connectivity index (χ1v) is 8.19. The van der Waals surface area contributed by atoms with Crippen molar-refractivity contribution in [3.05, 3.63) is 44.5 Å². The fourth-order valence-corrected chi connectivity index (χ4v) is 3.48. The maximum Gasteiger partial charge on any atom is 0.307 e. The van der Waals surface area contributed by atoms with Crippen molar-refractivity contribution in [2.45, 2.75) is 26.8 Å². The minimum atomic E-state index is -0.241. The van der Waals surface area contributed by atoms with Crippen LogP contribution < -0.4 is 15.1 Å². The number of fused-ring (bicyclic) bond motifs is 1. The highest BCUT2D eigenvalue weighted by molar-refractivity contribution is 7.07. The Hall–Kier alpha value is -2.41. The smallest absolute Gasteiger partial charge is 0.307 e. The molecule has 6 nitrogen and oxygen atoms in total. The first-order chi connectivity index (χ1) is 11.0. The minimum absolute atomic E-state index is 0.00478. The lowest BCUT2D eigenvalue weighted by Gasteiger charge is -2.15. The second-order valence-electron chi connectivity index (χ2n) is 5.54. The van der Waals surface area contributed by atoms with Gasteiger partial charge in [0, 0.05) is 35.9 Å². The average molecular weight is 331 g/mol. The van der Waals surface area contributed by atoms with Gasteiger partial charge in [0.05, 0.1) is 0 Å². The number of aryl methyl sites for hydroxylation is 1. The van der Waals surface area contributed by atoms with Crippen LogP contribution in [0, 0.1) is 6.92 Å². The lowest BCUT2D eigenvalue weighted by atomic mass is 10.1. The molecule has 0 fully saturated rings. The summed E-state index contributed by atoms with van der Waals surface area (Å²) in [7, 11) is 0. The van der Waals surface area contributed by atoms with E-state index in [0.717, 1.165) is 34.7 Å². The van der Waals surface area contributed by atoms with Gasteiger partial charge in [0.2, 0.25) is 11.8 Å². The van der Waals surface area contributed by atoms with Crippen LogP contribution in [0.5, 0.6) is 0 Å². The number of hydrogen-bond donors (Lipinski definition) is 1. The predicted octanol–water partition coefficient (Wildman–Crippen LogP) is 1.77. The molecule has 0 bridgehead atoms. The standard InChI is InChI=1S/C16H17N3O3S/c1-10-9-23-16(22)19(10)8-15(21)17-13-3-4-14-12(7-13)5-6-18(14)11(2)20/h3-4,7,9H,5-6,8H2,1-2H3,(H,17,21). The molecule has 0 unspecified atom stereocenters. The molecule has 0 saturated heterocycles. The number of carbonyl (C=O) groups is 2. The van der Waals surface area contributed by atoms with Gasteiger partial charge in [0.25, 0.3) is 0 Å². The summed E-state index contributed by atoms with van der Waals surface area (Å²) in [6, 6.07) is 5.52. The maximum absolute atomic E-state index is 12.1. The average Bonchev–Trinajstić information content (AvgIpc) is 3.05. The Balaban J connectivity index is 1.73. The highest BCUT2D eigenvalue weighted by atomic mass is 32.1. The van der Waals surface area contributed by atoms with E-state index in [1.54, 1.807) is 30.2 Å². The predicted molar refractivity (Wildman–Crippen MR) is 90.1 cm³/mol. The quantitative estimate of drug-likeness (QED) is 0.932. The zero-order valence-corrected chi connectivity index (χ0v) is 13.8. The molecule has 0 atom stereocenters. The first-order valence-electron chi connectivity index (χ1n) is 7.31. The molecule has 2 amide bonds. The van der Waals surface area contributed by atoms with E-state index in [-0.39, 0.29) is 23.2 Å². The number of thiazole rings is 1. The van der Waals surface area contributed by atoms with Gasteiger partial charge in [-0.05, 0) is 37.1 Å². The fourth-order valence-electron chi connectivity index (χ4n) is 2.75. The topological polar surface area (TPSA) is 71.4 Å². The van der Waals surface area contributed by atoms with Crippen LogP contribution in [0.3, 0.4) is 0 Å². The second kappa shape index (κ2) is 6.00. The summed E-state index contributed by atoms with van der Waals surface area (Å²) in [6.45, 7) is 4.03. The van der Waals surface area contributed by atoms with Crippen LogP contribution >= 0.6 is 11.3 Å². The van der Waals surface area contributed by atoms with Crippen LogP contribution in [0.1, 0.15) is 18.2 Å². The Morgan fingerprint density at radius 1 is 1.35 bits per heavy atom. The van der Waals surface area contributed by atoms with E-state index in [1.165, 1.54) is 4.57 Å². The van der Waals surface area contributed by atoms with Crippen LogP contribution in [0.25, 0.3) is 0 Å². The highest BCUT2D eigenvalue weighted by Crippen LogP contribution is 2.30. The molecule has 7 heteroatoms. The number of nitrogens with one attached hydrogen (secondary N) is 1. The van der Waals surface area contributed by atoms with Crippen LogP contribution in [0.15, 0.2) is 28.4 Å². The Morgan fingerprint density at radius 2 is 2.13 bits per heavy atom. The Kier molecular flexibility index (Phi) is 4.04. The molecule has 0 aliphatic carbocycles. The fraction of sp³-hybridized carbons (Fsp3) is 0.312. The van der Waals surface area contributed by atoms with E-state index in [2.05, 4.69) is 5.32 Å². The van der Waals surface area contributed by atoms with Gasteiger partial charge in [0.15, 0.2) is 0 Å². The van der Waals surface area contributed by atoms with Crippen LogP contribution in [0.4, 0.5) is 11.4 Å². The zero-order valence-electron chi connectivity index (χ0n) is 13.0. The number of nitrogens with zero attached hydrogens (tertiary/aromatic N) is 2. The molecule has 3 rings (SSSR count). The molecule has 1 aromatic heterocycles. The second-order valence-corrected chi connectivity index (χ2v) is 6.36. The minimum Gasteiger partial charge on any atom is -0.325 e. The summed E-state index contributed by atoms with van der Waals surface area (Å²) in [5.74, 6) is -0.220. The Labute approximate surface area is 137 Å². The van der Waals surface area contributed by atoms with Gasteiger partial charge in [0.1, 0.15) is 6.54 Å². The van der Waals surface area contributed by atoms with Crippen molar-refractivity contribution in [2.75, 3.05) is 16.8 Å². The number of amides is 2. The van der Waals surface area contributed by atoms with Gasteiger partial charge in [-0.25, -0.2) is 0 Å². The molecule has 1 aliphatic rings. The summed E-state index contributed by atoms with van der Waals surface area (Å²) >= 11 is 1.09. The summed E-state index contributed by atoms with van der Waals surface area (Å²) < 4.78 is 1.45. The van der Waals surface area contributed by atoms with Crippen molar-refractivity contribution in [3.8, 4) is 0 Å². The summed E-state index contributed by atoms with van der Waals surface area (Å²) in [5.41, 5.74) is 3.41. The third-order valence-corrected chi connectivity index (χ3v) is 4.80. The normalized spacial score (nSPS) is 13.0. The number of benzene rings is 1. The molecular formula is C16H17N3O3S. The summed E-state index contributed by atoms with van der Waals surface area (Å²) in [6.07, 6.45) is 0.779. The molecule has 1 N–H and O–H groups in total. The SMILES string of the molecule is CC(=O)N1CCc2cc(NC(=O)Cn3c(C)csc3=O)ccc21.